The van der Waals surface area contributed by atoms with Crippen LogP contribution in [0.1, 0.15) is 58.4 Å². The maximum atomic E-state index is 11.5. The molecule has 0 amide bonds. The Morgan fingerprint density at radius 1 is 1.19 bits per heavy atom. The van der Waals surface area contributed by atoms with Crippen LogP contribution in [0.4, 0.5) is 0 Å². The molecule has 0 fully saturated rings. The van der Waals surface area contributed by atoms with Crippen molar-refractivity contribution < 1.29 is 9.53 Å². The van der Waals surface area contributed by atoms with Crippen molar-refractivity contribution in [3.8, 4) is 5.75 Å². The average molecular weight is 311 g/mol. The van der Waals surface area contributed by atoms with Gasteiger partial charge in [0.1, 0.15) is 11.5 Å². The van der Waals surface area contributed by atoms with Crippen LogP contribution in [0.5, 0.6) is 5.75 Å². The predicted molar refractivity (Wildman–Crippen MR) is 89.3 cm³/mol. The Balaban J connectivity index is 2.34. The molecule has 0 saturated carbocycles. The van der Waals surface area contributed by atoms with Crippen LogP contribution in [-0.2, 0) is 11.2 Å². The molecule has 0 radical (unpaired) electrons. The summed E-state index contributed by atoms with van der Waals surface area (Å²) in [6.45, 7) is 6.74. The van der Waals surface area contributed by atoms with Crippen molar-refractivity contribution in [2.24, 2.45) is 5.92 Å². The van der Waals surface area contributed by atoms with Gasteiger partial charge in [0.2, 0.25) is 0 Å². The van der Waals surface area contributed by atoms with Gasteiger partial charge in [-0.25, -0.2) is 0 Å². The maximum Gasteiger partial charge on any atom is 0.135 e. The van der Waals surface area contributed by atoms with Gasteiger partial charge in [0.05, 0.1) is 6.61 Å². The van der Waals surface area contributed by atoms with Crippen LogP contribution in [0, 0.1) is 5.92 Å². The molecule has 2 nitrogen and oxygen atoms in total. The number of ketones is 1. The van der Waals surface area contributed by atoms with Crippen LogP contribution in [0.25, 0.3) is 0 Å². The summed E-state index contributed by atoms with van der Waals surface area (Å²) in [6, 6.07) is 5.93. The molecule has 0 heterocycles. The summed E-state index contributed by atoms with van der Waals surface area (Å²) in [5, 5.41) is 0.730. The van der Waals surface area contributed by atoms with E-state index in [0.717, 1.165) is 49.5 Å². The zero-order valence-corrected chi connectivity index (χ0v) is 14.2. The van der Waals surface area contributed by atoms with Crippen LogP contribution in [-0.4, -0.2) is 12.4 Å². The molecule has 0 unspecified atom stereocenters. The first kappa shape index (κ1) is 18.0. The van der Waals surface area contributed by atoms with Crippen LogP contribution >= 0.6 is 11.6 Å². The molecule has 0 bridgehead atoms. The highest BCUT2D eigenvalue weighted by molar-refractivity contribution is 6.30. The number of unbranched alkanes of at least 4 members (excludes halogenated alkanes) is 2. The highest BCUT2D eigenvalue weighted by atomic mass is 35.5. The second kappa shape index (κ2) is 9.83. The Kier molecular flexibility index (Phi) is 8.44. The number of ether oxygens (including phenoxy) is 1. The molecule has 21 heavy (non-hydrogen) atoms. The lowest BCUT2D eigenvalue weighted by atomic mass is 10.0. The van der Waals surface area contributed by atoms with Gasteiger partial charge < -0.3 is 4.74 Å². The monoisotopic (exact) mass is 310 g/mol. The predicted octanol–water partition coefficient (Wildman–Crippen LogP) is 5.46. The first-order valence-corrected chi connectivity index (χ1v) is 8.35. The third-order valence-electron chi connectivity index (χ3n) is 3.44. The second-order valence-electron chi connectivity index (χ2n) is 5.83. The minimum Gasteiger partial charge on any atom is -0.494 e. The number of rotatable bonds is 10. The molecule has 3 heteroatoms. The van der Waals surface area contributed by atoms with Gasteiger partial charge in [-0.05, 0) is 49.4 Å². The fraction of sp³-hybridized carbons (Fsp3) is 0.611. The van der Waals surface area contributed by atoms with Gasteiger partial charge >= 0.3 is 0 Å². The fourth-order valence-electron chi connectivity index (χ4n) is 2.16. The highest BCUT2D eigenvalue weighted by Crippen LogP contribution is 2.22. The summed E-state index contributed by atoms with van der Waals surface area (Å²) < 4.78 is 5.63. The molecule has 1 aromatic carbocycles. The molecule has 0 N–H and O–H groups in total. The van der Waals surface area contributed by atoms with Gasteiger partial charge in [-0.3, -0.25) is 4.79 Å². The lowest BCUT2D eigenvalue weighted by Gasteiger charge is -2.08. The van der Waals surface area contributed by atoms with E-state index >= 15 is 0 Å². The largest absolute Gasteiger partial charge is 0.494 e. The molecular weight excluding hydrogens is 284 g/mol. The smallest absolute Gasteiger partial charge is 0.135 e. The van der Waals surface area contributed by atoms with E-state index in [2.05, 4.69) is 13.0 Å². The SMILES string of the molecule is CCCOc1cc(Cl)cc(CCCCCC(=O)C(C)C)c1. The molecular formula is C18H27ClO2. The van der Waals surface area contributed by atoms with E-state index < -0.39 is 0 Å². The number of hydrogen-bond acceptors (Lipinski definition) is 2. The Morgan fingerprint density at radius 3 is 2.62 bits per heavy atom. The number of carbonyl (C=O) groups excluding carboxylic acids is 1. The van der Waals surface area contributed by atoms with Gasteiger partial charge in [0.15, 0.2) is 0 Å². The van der Waals surface area contributed by atoms with E-state index in [1.807, 2.05) is 26.0 Å². The third-order valence-corrected chi connectivity index (χ3v) is 3.65. The van der Waals surface area contributed by atoms with Gasteiger partial charge in [0.25, 0.3) is 0 Å². The molecule has 118 valence electrons. The van der Waals surface area contributed by atoms with Crippen molar-refractivity contribution in [3.05, 3.63) is 28.8 Å². The molecule has 0 atom stereocenters. The highest BCUT2D eigenvalue weighted by Gasteiger charge is 2.06. The van der Waals surface area contributed by atoms with Crippen LogP contribution in [0.2, 0.25) is 5.02 Å². The van der Waals surface area contributed by atoms with Crippen molar-refractivity contribution in [2.75, 3.05) is 6.61 Å². The summed E-state index contributed by atoms with van der Waals surface area (Å²) in [7, 11) is 0. The Morgan fingerprint density at radius 2 is 1.95 bits per heavy atom. The van der Waals surface area contributed by atoms with E-state index in [0.29, 0.717) is 12.2 Å². The number of benzene rings is 1. The standard InChI is InChI=1S/C18H27ClO2/c1-4-10-21-17-12-15(11-16(19)13-17)8-6-5-7-9-18(20)14(2)3/h11-14H,4-10H2,1-3H3. The number of aryl methyl sites for hydroxylation is 1. The molecule has 0 spiro atoms. The van der Waals surface area contributed by atoms with Crippen LogP contribution < -0.4 is 4.74 Å². The minimum atomic E-state index is 0.163. The fourth-order valence-corrected chi connectivity index (χ4v) is 2.41. The first-order valence-electron chi connectivity index (χ1n) is 7.98. The second-order valence-corrected chi connectivity index (χ2v) is 6.26. The van der Waals surface area contributed by atoms with Gasteiger partial charge in [-0.1, -0.05) is 38.8 Å². The number of carbonyl (C=O) groups is 1. The zero-order valence-electron chi connectivity index (χ0n) is 13.5. The van der Waals surface area contributed by atoms with Crippen molar-refractivity contribution in [1.29, 1.82) is 0 Å². The van der Waals surface area contributed by atoms with E-state index in [1.54, 1.807) is 0 Å². The first-order chi connectivity index (χ1) is 10.0. The lowest BCUT2D eigenvalue weighted by molar-refractivity contribution is -0.122. The summed E-state index contributed by atoms with van der Waals surface area (Å²) in [5.74, 6) is 1.39. The van der Waals surface area contributed by atoms with E-state index in [4.69, 9.17) is 16.3 Å². The Labute approximate surface area is 133 Å². The van der Waals surface area contributed by atoms with Crippen molar-refractivity contribution in [2.45, 2.75) is 59.3 Å². The van der Waals surface area contributed by atoms with E-state index in [-0.39, 0.29) is 5.92 Å². The summed E-state index contributed by atoms with van der Waals surface area (Å²) in [6.07, 6.45) is 5.83. The zero-order chi connectivity index (χ0) is 15.7. The number of Topliss-reactive ketones (excluding diaryl/α,β-unsaturated/α-hetero) is 1. The third kappa shape index (κ3) is 7.52. The number of hydrogen-bond donors (Lipinski definition) is 0. The Hall–Kier alpha value is -1.02. The van der Waals surface area contributed by atoms with Crippen molar-refractivity contribution >= 4 is 17.4 Å². The molecule has 0 aliphatic rings. The summed E-state index contributed by atoms with van der Waals surface area (Å²) in [5.41, 5.74) is 1.21. The maximum absolute atomic E-state index is 11.5. The molecule has 1 rings (SSSR count). The normalized spacial score (nSPS) is 10.9. The summed E-state index contributed by atoms with van der Waals surface area (Å²) >= 11 is 6.12. The lowest BCUT2D eigenvalue weighted by Crippen LogP contribution is -2.06. The van der Waals surface area contributed by atoms with Gasteiger partial charge in [-0.15, -0.1) is 0 Å². The quantitative estimate of drug-likeness (QED) is 0.537. The molecule has 1 aromatic rings. The average Bonchev–Trinajstić information content (AvgIpc) is 2.43. The molecule has 0 aromatic heterocycles. The van der Waals surface area contributed by atoms with Crippen molar-refractivity contribution in [1.82, 2.24) is 0 Å². The topological polar surface area (TPSA) is 26.3 Å². The Bertz CT molecular complexity index is 441. The number of halogens is 1. The molecule has 0 aliphatic heterocycles. The van der Waals surface area contributed by atoms with Crippen molar-refractivity contribution in [3.63, 3.8) is 0 Å². The van der Waals surface area contributed by atoms with Gasteiger partial charge in [0, 0.05) is 17.4 Å². The molecule has 0 saturated heterocycles. The summed E-state index contributed by atoms with van der Waals surface area (Å²) in [4.78, 5) is 11.5. The van der Waals surface area contributed by atoms with E-state index in [1.165, 1.54) is 5.56 Å². The van der Waals surface area contributed by atoms with E-state index in [9.17, 15) is 4.79 Å². The van der Waals surface area contributed by atoms with Gasteiger partial charge in [-0.2, -0.15) is 0 Å². The van der Waals surface area contributed by atoms with Crippen LogP contribution in [0.15, 0.2) is 18.2 Å². The minimum absolute atomic E-state index is 0.163. The van der Waals surface area contributed by atoms with Crippen LogP contribution in [0.3, 0.4) is 0 Å². The molecule has 0 aliphatic carbocycles.